The minimum atomic E-state index is -0.401. The van der Waals surface area contributed by atoms with Crippen molar-refractivity contribution in [2.45, 2.75) is 39.5 Å². The molecule has 4 heteroatoms. The Labute approximate surface area is 89.9 Å². The molecule has 0 aromatic rings. The first kappa shape index (κ1) is 11.7. The molecule has 1 aliphatic rings. The number of oxime groups is 1. The Morgan fingerprint density at radius 1 is 1.47 bits per heavy atom. The lowest BCUT2D eigenvalue weighted by Crippen LogP contribution is -2.20. The first-order valence-corrected chi connectivity index (χ1v) is 5.25. The topological polar surface area (TPSA) is 62.4 Å². The molecule has 2 atom stereocenters. The van der Waals surface area contributed by atoms with Crippen molar-refractivity contribution in [1.29, 1.82) is 5.26 Å². The summed E-state index contributed by atoms with van der Waals surface area (Å²) in [4.78, 5) is 15.2. The van der Waals surface area contributed by atoms with E-state index < -0.39 is 5.97 Å². The summed E-state index contributed by atoms with van der Waals surface area (Å²) >= 11 is 0. The summed E-state index contributed by atoms with van der Waals surface area (Å²) in [6.45, 7) is 3.18. The molecule has 4 nitrogen and oxygen atoms in total. The molecule has 0 aromatic heterocycles. The Hall–Kier alpha value is -1.37. The van der Waals surface area contributed by atoms with Crippen LogP contribution >= 0.6 is 0 Å². The van der Waals surface area contributed by atoms with Gasteiger partial charge in [-0.15, -0.1) is 0 Å². The molecule has 0 heterocycles. The molecule has 0 aromatic carbocycles. The lowest BCUT2D eigenvalue weighted by atomic mass is 9.80. The van der Waals surface area contributed by atoms with Gasteiger partial charge in [-0.2, -0.15) is 5.26 Å². The molecule has 0 bridgehead atoms. The normalized spacial score (nSPS) is 26.9. The van der Waals surface area contributed by atoms with Gasteiger partial charge in [0.2, 0.25) is 0 Å². The molecule has 82 valence electrons. The van der Waals surface area contributed by atoms with E-state index in [1.54, 1.807) is 0 Å². The van der Waals surface area contributed by atoms with Crippen molar-refractivity contribution >= 4 is 11.7 Å². The molecule has 0 radical (unpaired) electrons. The summed E-state index contributed by atoms with van der Waals surface area (Å²) < 4.78 is 0. The zero-order valence-corrected chi connectivity index (χ0v) is 9.19. The minimum absolute atomic E-state index is 0.131. The molecule has 0 spiro atoms. The monoisotopic (exact) mass is 208 g/mol. The summed E-state index contributed by atoms with van der Waals surface area (Å²) in [5.74, 6) is 0.0240. The molecule has 2 unspecified atom stereocenters. The van der Waals surface area contributed by atoms with Crippen LogP contribution in [0.15, 0.2) is 5.16 Å². The standard InChI is InChI=1S/C11H16N2O2/c1-8(13-15-9(2)14)11-5-3-4-10(6-11)7-12/h10-11H,3-6H2,1-2H3. The number of nitriles is 1. The van der Waals surface area contributed by atoms with Gasteiger partial charge in [0.25, 0.3) is 0 Å². The van der Waals surface area contributed by atoms with E-state index in [9.17, 15) is 4.79 Å². The highest BCUT2D eigenvalue weighted by atomic mass is 16.7. The van der Waals surface area contributed by atoms with Crippen LogP contribution in [0.5, 0.6) is 0 Å². The lowest BCUT2D eigenvalue weighted by Gasteiger charge is -2.24. The smallest absolute Gasteiger partial charge is 0.319 e. The van der Waals surface area contributed by atoms with E-state index >= 15 is 0 Å². The fraction of sp³-hybridized carbons (Fsp3) is 0.727. The molecular weight excluding hydrogens is 192 g/mol. The number of hydrogen-bond donors (Lipinski definition) is 0. The van der Waals surface area contributed by atoms with Crippen LogP contribution in [0.2, 0.25) is 0 Å². The van der Waals surface area contributed by atoms with E-state index in [-0.39, 0.29) is 5.92 Å². The Balaban J connectivity index is 2.52. The molecule has 0 N–H and O–H groups in total. The minimum Gasteiger partial charge on any atom is -0.319 e. The van der Waals surface area contributed by atoms with Crippen LogP contribution < -0.4 is 0 Å². The van der Waals surface area contributed by atoms with Crippen LogP contribution in [-0.2, 0) is 9.63 Å². The molecule has 1 saturated carbocycles. The first-order chi connectivity index (χ1) is 7.13. The van der Waals surface area contributed by atoms with E-state index in [1.165, 1.54) is 6.92 Å². The Morgan fingerprint density at radius 3 is 2.80 bits per heavy atom. The third kappa shape index (κ3) is 3.70. The van der Waals surface area contributed by atoms with Crippen molar-refractivity contribution in [2.75, 3.05) is 0 Å². The maximum Gasteiger partial charge on any atom is 0.331 e. The van der Waals surface area contributed by atoms with Crippen molar-refractivity contribution < 1.29 is 9.63 Å². The predicted molar refractivity (Wildman–Crippen MR) is 55.9 cm³/mol. The molecule has 0 saturated heterocycles. The van der Waals surface area contributed by atoms with E-state index in [1.807, 2.05) is 6.92 Å². The van der Waals surface area contributed by atoms with Crippen molar-refractivity contribution in [1.82, 2.24) is 0 Å². The van der Waals surface area contributed by atoms with Crippen molar-refractivity contribution in [3.8, 4) is 6.07 Å². The Morgan fingerprint density at radius 2 is 2.20 bits per heavy atom. The average molecular weight is 208 g/mol. The van der Waals surface area contributed by atoms with Gasteiger partial charge in [0.05, 0.1) is 11.8 Å². The summed E-state index contributed by atoms with van der Waals surface area (Å²) in [5.41, 5.74) is 0.824. The van der Waals surface area contributed by atoms with E-state index in [0.29, 0.717) is 5.92 Å². The third-order valence-electron chi connectivity index (χ3n) is 2.77. The van der Waals surface area contributed by atoms with Crippen LogP contribution in [0, 0.1) is 23.2 Å². The van der Waals surface area contributed by atoms with Gasteiger partial charge in [0, 0.05) is 18.8 Å². The quantitative estimate of drug-likeness (QED) is 0.397. The molecule has 0 amide bonds. The molecular formula is C11H16N2O2. The van der Waals surface area contributed by atoms with Crippen molar-refractivity contribution in [2.24, 2.45) is 17.0 Å². The van der Waals surface area contributed by atoms with E-state index in [0.717, 1.165) is 31.4 Å². The fourth-order valence-electron chi connectivity index (χ4n) is 1.90. The summed E-state index contributed by atoms with van der Waals surface area (Å²) in [7, 11) is 0. The molecule has 1 aliphatic carbocycles. The van der Waals surface area contributed by atoms with Gasteiger partial charge in [0.15, 0.2) is 0 Å². The SMILES string of the molecule is CC(=O)ON=C(C)C1CCCC(C#N)C1. The predicted octanol–water partition coefficient (Wildman–Crippen LogP) is 2.26. The van der Waals surface area contributed by atoms with Crippen molar-refractivity contribution in [3.63, 3.8) is 0 Å². The number of carbonyl (C=O) groups excluding carboxylic acids is 1. The maximum absolute atomic E-state index is 10.6. The highest BCUT2D eigenvalue weighted by Gasteiger charge is 2.24. The highest BCUT2D eigenvalue weighted by Crippen LogP contribution is 2.29. The Kier molecular flexibility index (Phi) is 4.29. The van der Waals surface area contributed by atoms with Crippen LogP contribution in [-0.4, -0.2) is 11.7 Å². The Bertz CT molecular complexity index is 304. The fourth-order valence-corrected chi connectivity index (χ4v) is 1.90. The zero-order chi connectivity index (χ0) is 11.3. The van der Waals surface area contributed by atoms with Gasteiger partial charge in [-0.05, 0) is 26.2 Å². The maximum atomic E-state index is 10.6. The van der Waals surface area contributed by atoms with E-state index in [4.69, 9.17) is 5.26 Å². The first-order valence-electron chi connectivity index (χ1n) is 5.25. The number of hydrogen-bond acceptors (Lipinski definition) is 4. The van der Waals surface area contributed by atoms with Gasteiger partial charge >= 0.3 is 5.97 Å². The van der Waals surface area contributed by atoms with Gasteiger partial charge in [-0.3, -0.25) is 0 Å². The van der Waals surface area contributed by atoms with E-state index in [2.05, 4.69) is 16.1 Å². The van der Waals surface area contributed by atoms with Crippen LogP contribution in [0.1, 0.15) is 39.5 Å². The third-order valence-corrected chi connectivity index (χ3v) is 2.77. The van der Waals surface area contributed by atoms with Gasteiger partial charge in [-0.25, -0.2) is 4.79 Å². The van der Waals surface area contributed by atoms with Crippen molar-refractivity contribution in [3.05, 3.63) is 0 Å². The summed E-state index contributed by atoms with van der Waals surface area (Å²) in [5, 5.41) is 12.6. The number of nitrogens with zero attached hydrogens (tertiary/aromatic N) is 2. The second kappa shape index (κ2) is 5.50. The largest absolute Gasteiger partial charge is 0.331 e. The average Bonchev–Trinajstić information content (AvgIpc) is 2.26. The summed E-state index contributed by atoms with van der Waals surface area (Å²) in [6.07, 6.45) is 3.91. The van der Waals surface area contributed by atoms with Crippen LogP contribution in [0.3, 0.4) is 0 Å². The molecule has 1 fully saturated rings. The second-order valence-corrected chi connectivity index (χ2v) is 4.01. The molecule has 1 rings (SSSR count). The second-order valence-electron chi connectivity index (χ2n) is 4.01. The number of carbonyl (C=O) groups is 1. The highest BCUT2D eigenvalue weighted by molar-refractivity contribution is 5.84. The van der Waals surface area contributed by atoms with Crippen LogP contribution in [0.25, 0.3) is 0 Å². The molecule has 0 aliphatic heterocycles. The van der Waals surface area contributed by atoms with Crippen LogP contribution in [0.4, 0.5) is 0 Å². The van der Waals surface area contributed by atoms with Gasteiger partial charge in [-0.1, -0.05) is 11.6 Å². The molecule has 15 heavy (non-hydrogen) atoms. The lowest BCUT2D eigenvalue weighted by molar-refractivity contribution is -0.141. The van der Waals surface area contributed by atoms with Gasteiger partial charge < -0.3 is 4.84 Å². The number of rotatable bonds is 2. The zero-order valence-electron chi connectivity index (χ0n) is 9.19. The van der Waals surface area contributed by atoms with Gasteiger partial charge in [0.1, 0.15) is 0 Å². The summed E-state index contributed by atoms with van der Waals surface area (Å²) in [6, 6.07) is 2.29.